The van der Waals surface area contributed by atoms with Crippen molar-refractivity contribution in [3.05, 3.63) is 53.6 Å². The van der Waals surface area contributed by atoms with E-state index in [0.29, 0.717) is 11.4 Å². The van der Waals surface area contributed by atoms with E-state index in [1.54, 1.807) is 13.0 Å². The molecule has 1 atom stereocenters. The monoisotopic (exact) mass is 354 g/mol. The van der Waals surface area contributed by atoms with Gasteiger partial charge in [-0.1, -0.05) is 12.1 Å². The van der Waals surface area contributed by atoms with E-state index in [0.717, 1.165) is 5.56 Å². The van der Waals surface area contributed by atoms with E-state index in [9.17, 15) is 14.4 Å². The first-order valence-corrected chi connectivity index (χ1v) is 8.07. The normalized spacial score (nSPS) is 15.8. The average Bonchev–Trinajstić information content (AvgIpc) is 2.58. The maximum Gasteiger partial charge on any atom is 0.335 e. The molecule has 7 heteroatoms. The Hall–Kier alpha value is -3.35. The number of ether oxygens (including phenoxy) is 1. The standard InChI is InChI=1S/C19H18N2O5/c1-11-4-3-5-14(8-11)20-17(22)10-21-15-9-13(19(24)25)6-7-16(15)26-12(2)18(21)23/h3-9,12H,10H2,1-2H3,(H,20,22)(H,24,25). The average molecular weight is 354 g/mol. The minimum absolute atomic E-state index is 0.0128. The predicted octanol–water partition coefficient (Wildman–Crippen LogP) is 2.45. The lowest BCUT2D eigenvalue weighted by atomic mass is 10.1. The number of carbonyl (C=O) groups excluding carboxylic acids is 2. The first-order chi connectivity index (χ1) is 12.3. The summed E-state index contributed by atoms with van der Waals surface area (Å²) >= 11 is 0. The van der Waals surface area contributed by atoms with Crippen LogP contribution in [0.25, 0.3) is 0 Å². The molecule has 0 fully saturated rings. The van der Waals surface area contributed by atoms with Crippen LogP contribution in [0.3, 0.4) is 0 Å². The molecule has 1 heterocycles. The zero-order valence-electron chi connectivity index (χ0n) is 14.4. The summed E-state index contributed by atoms with van der Waals surface area (Å²) < 4.78 is 5.51. The quantitative estimate of drug-likeness (QED) is 0.879. The molecule has 3 rings (SSSR count). The number of anilines is 2. The highest BCUT2D eigenvalue weighted by Crippen LogP contribution is 2.34. The summed E-state index contributed by atoms with van der Waals surface area (Å²) in [6, 6.07) is 11.5. The molecule has 2 N–H and O–H groups in total. The van der Waals surface area contributed by atoms with Crippen LogP contribution in [0, 0.1) is 6.92 Å². The molecule has 134 valence electrons. The van der Waals surface area contributed by atoms with Gasteiger partial charge in [0.1, 0.15) is 12.3 Å². The molecule has 0 saturated heterocycles. The third kappa shape index (κ3) is 3.51. The molecule has 1 aliphatic heterocycles. The van der Waals surface area contributed by atoms with E-state index in [2.05, 4.69) is 5.32 Å². The number of aromatic carboxylic acids is 1. The number of hydrogen-bond donors (Lipinski definition) is 2. The maximum atomic E-state index is 12.5. The number of nitrogens with zero attached hydrogens (tertiary/aromatic N) is 1. The van der Waals surface area contributed by atoms with E-state index in [4.69, 9.17) is 9.84 Å². The molecule has 7 nitrogen and oxygen atoms in total. The van der Waals surface area contributed by atoms with Crippen LogP contribution in [0.4, 0.5) is 11.4 Å². The fraction of sp³-hybridized carbons (Fsp3) is 0.211. The molecule has 0 aromatic heterocycles. The molecule has 2 amide bonds. The first kappa shape index (κ1) is 17.5. The smallest absolute Gasteiger partial charge is 0.335 e. The number of amides is 2. The van der Waals surface area contributed by atoms with Crippen molar-refractivity contribution in [2.24, 2.45) is 0 Å². The largest absolute Gasteiger partial charge is 0.479 e. The van der Waals surface area contributed by atoms with Gasteiger partial charge in [0.2, 0.25) is 5.91 Å². The zero-order chi connectivity index (χ0) is 18.8. The number of carbonyl (C=O) groups is 3. The summed E-state index contributed by atoms with van der Waals surface area (Å²) in [5.41, 5.74) is 1.91. The van der Waals surface area contributed by atoms with Gasteiger partial charge < -0.3 is 15.2 Å². The molecule has 0 saturated carbocycles. The second-order valence-electron chi connectivity index (χ2n) is 6.09. The Morgan fingerprint density at radius 3 is 2.69 bits per heavy atom. The fourth-order valence-electron chi connectivity index (χ4n) is 2.77. The lowest BCUT2D eigenvalue weighted by Crippen LogP contribution is -2.47. The molecule has 0 bridgehead atoms. The van der Waals surface area contributed by atoms with Crippen LogP contribution in [0.1, 0.15) is 22.8 Å². The lowest BCUT2D eigenvalue weighted by Gasteiger charge is -2.32. The number of carboxylic acids is 1. The minimum Gasteiger partial charge on any atom is -0.479 e. The van der Waals surface area contributed by atoms with Crippen molar-refractivity contribution in [3.8, 4) is 5.75 Å². The van der Waals surface area contributed by atoms with Gasteiger partial charge in [-0.15, -0.1) is 0 Å². The predicted molar refractivity (Wildman–Crippen MR) is 95.7 cm³/mol. The van der Waals surface area contributed by atoms with Crippen molar-refractivity contribution in [1.29, 1.82) is 0 Å². The third-order valence-corrected chi connectivity index (χ3v) is 4.02. The molecular formula is C19H18N2O5. The number of nitrogens with one attached hydrogen (secondary N) is 1. The Balaban J connectivity index is 1.86. The fourth-order valence-corrected chi connectivity index (χ4v) is 2.77. The highest BCUT2D eigenvalue weighted by Gasteiger charge is 2.33. The van der Waals surface area contributed by atoms with Crippen molar-refractivity contribution in [1.82, 2.24) is 0 Å². The van der Waals surface area contributed by atoms with Gasteiger partial charge in [-0.25, -0.2) is 4.79 Å². The van der Waals surface area contributed by atoms with E-state index in [1.165, 1.54) is 23.1 Å². The van der Waals surface area contributed by atoms with Crippen LogP contribution in [0.5, 0.6) is 5.75 Å². The molecule has 26 heavy (non-hydrogen) atoms. The summed E-state index contributed by atoms with van der Waals surface area (Å²) in [7, 11) is 0. The Bertz CT molecular complexity index is 893. The molecule has 0 spiro atoms. The van der Waals surface area contributed by atoms with Gasteiger partial charge in [0.05, 0.1) is 11.3 Å². The number of fused-ring (bicyclic) bond motifs is 1. The van der Waals surface area contributed by atoms with Crippen molar-refractivity contribution in [3.63, 3.8) is 0 Å². The van der Waals surface area contributed by atoms with Gasteiger partial charge in [-0.2, -0.15) is 0 Å². The highest BCUT2D eigenvalue weighted by atomic mass is 16.5. The second-order valence-corrected chi connectivity index (χ2v) is 6.09. The number of carboxylic acid groups (broad SMARTS) is 1. The van der Waals surface area contributed by atoms with Gasteiger partial charge in [-0.3, -0.25) is 14.5 Å². The summed E-state index contributed by atoms with van der Waals surface area (Å²) in [6.45, 7) is 3.25. The third-order valence-electron chi connectivity index (χ3n) is 4.02. The van der Waals surface area contributed by atoms with E-state index in [1.807, 2.05) is 25.1 Å². The van der Waals surface area contributed by atoms with Crippen LogP contribution in [0.15, 0.2) is 42.5 Å². The molecule has 1 aliphatic rings. The van der Waals surface area contributed by atoms with Crippen molar-refractivity contribution in [2.75, 3.05) is 16.8 Å². The van der Waals surface area contributed by atoms with Crippen LogP contribution < -0.4 is 15.0 Å². The summed E-state index contributed by atoms with van der Waals surface area (Å²) in [5.74, 6) is -1.54. The van der Waals surface area contributed by atoms with Gasteiger partial charge >= 0.3 is 5.97 Å². The van der Waals surface area contributed by atoms with Gasteiger partial charge in [0.15, 0.2) is 6.10 Å². The Morgan fingerprint density at radius 1 is 1.23 bits per heavy atom. The minimum atomic E-state index is -1.12. The Morgan fingerprint density at radius 2 is 2.00 bits per heavy atom. The van der Waals surface area contributed by atoms with E-state index in [-0.39, 0.29) is 23.7 Å². The summed E-state index contributed by atoms with van der Waals surface area (Å²) in [4.78, 5) is 37.4. The van der Waals surface area contributed by atoms with Crippen molar-refractivity contribution in [2.45, 2.75) is 20.0 Å². The van der Waals surface area contributed by atoms with Crippen LogP contribution in [-0.4, -0.2) is 35.5 Å². The molecule has 2 aromatic carbocycles. The number of rotatable bonds is 4. The number of aryl methyl sites for hydroxylation is 1. The highest BCUT2D eigenvalue weighted by molar-refractivity contribution is 6.06. The van der Waals surface area contributed by atoms with Crippen LogP contribution >= 0.6 is 0 Å². The molecule has 0 radical (unpaired) electrons. The Kier molecular flexibility index (Phi) is 4.62. The topological polar surface area (TPSA) is 95.9 Å². The van der Waals surface area contributed by atoms with Crippen molar-refractivity contribution >= 4 is 29.2 Å². The van der Waals surface area contributed by atoms with Crippen molar-refractivity contribution < 1.29 is 24.2 Å². The number of hydrogen-bond acceptors (Lipinski definition) is 4. The number of benzene rings is 2. The summed E-state index contributed by atoms with van der Waals surface area (Å²) in [5, 5.41) is 11.9. The summed E-state index contributed by atoms with van der Waals surface area (Å²) in [6.07, 6.45) is -0.759. The van der Waals surface area contributed by atoms with Gasteiger partial charge in [0.25, 0.3) is 5.91 Å². The van der Waals surface area contributed by atoms with Gasteiger partial charge in [-0.05, 0) is 49.7 Å². The van der Waals surface area contributed by atoms with Crippen LogP contribution in [0.2, 0.25) is 0 Å². The second kappa shape index (κ2) is 6.87. The first-order valence-electron chi connectivity index (χ1n) is 8.07. The SMILES string of the molecule is Cc1cccc(NC(=O)CN2C(=O)C(C)Oc3ccc(C(=O)O)cc32)c1. The van der Waals surface area contributed by atoms with Gasteiger partial charge in [0, 0.05) is 5.69 Å². The Labute approximate surface area is 150 Å². The van der Waals surface area contributed by atoms with E-state index < -0.39 is 18.0 Å². The lowest BCUT2D eigenvalue weighted by molar-refractivity contribution is -0.127. The van der Waals surface area contributed by atoms with Crippen LogP contribution in [-0.2, 0) is 9.59 Å². The maximum absolute atomic E-state index is 12.5. The molecule has 0 aliphatic carbocycles. The molecule has 2 aromatic rings. The molecule has 1 unspecified atom stereocenters. The molecular weight excluding hydrogens is 336 g/mol. The van der Waals surface area contributed by atoms with E-state index >= 15 is 0 Å². The zero-order valence-corrected chi connectivity index (χ0v) is 14.4.